The number of hydrogen-bond acceptors (Lipinski definition) is 6. The number of carbonyl (C=O) groups is 1. The van der Waals surface area contributed by atoms with Crippen molar-refractivity contribution in [3.63, 3.8) is 0 Å². The molecule has 1 aliphatic rings. The van der Waals surface area contributed by atoms with Crippen LogP contribution in [0.15, 0.2) is 18.3 Å². The lowest BCUT2D eigenvalue weighted by Gasteiger charge is -2.31. The smallest absolute Gasteiger partial charge is 0.409 e. The minimum Gasteiger partial charge on any atom is -0.450 e. The van der Waals surface area contributed by atoms with Crippen LogP contribution in [0.4, 0.5) is 10.7 Å². The van der Waals surface area contributed by atoms with Crippen molar-refractivity contribution in [2.75, 3.05) is 31.6 Å². The minimum atomic E-state index is -0.243. The van der Waals surface area contributed by atoms with Gasteiger partial charge < -0.3 is 20.1 Å². The van der Waals surface area contributed by atoms with Gasteiger partial charge in [0.05, 0.1) is 19.8 Å². The molecule has 0 unspecified atom stereocenters. The summed E-state index contributed by atoms with van der Waals surface area (Å²) in [6.07, 6.45) is 3.13. The maximum absolute atomic E-state index is 11.8. The van der Waals surface area contributed by atoms with Gasteiger partial charge in [-0.2, -0.15) is 0 Å². The number of nitrogens with zero attached hydrogens (tertiary/aromatic N) is 4. The van der Waals surface area contributed by atoms with E-state index in [-0.39, 0.29) is 18.7 Å². The van der Waals surface area contributed by atoms with Gasteiger partial charge in [0.2, 0.25) is 5.95 Å². The summed E-state index contributed by atoms with van der Waals surface area (Å²) >= 11 is 0. The molecule has 1 amide bonds. The van der Waals surface area contributed by atoms with E-state index in [0.717, 1.165) is 24.0 Å². The van der Waals surface area contributed by atoms with Gasteiger partial charge in [-0.15, -0.1) is 0 Å². The summed E-state index contributed by atoms with van der Waals surface area (Å²) < 4.78 is 6.94. The van der Waals surface area contributed by atoms with E-state index in [9.17, 15) is 9.90 Å². The minimum absolute atomic E-state index is 0.0258. The number of imidazole rings is 1. The monoisotopic (exact) mass is 333 g/mol. The first-order valence-corrected chi connectivity index (χ1v) is 8.33. The number of aliphatic hydroxyl groups excluding tert-OH is 1. The third kappa shape index (κ3) is 3.43. The summed E-state index contributed by atoms with van der Waals surface area (Å²) in [4.78, 5) is 22.4. The molecule has 3 rings (SSSR count). The second-order valence-electron chi connectivity index (χ2n) is 5.76. The van der Waals surface area contributed by atoms with Crippen molar-refractivity contribution < 1.29 is 14.6 Å². The number of likely N-dealkylation sites (tertiary alicyclic amines) is 1. The summed E-state index contributed by atoms with van der Waals surface area (Å²) in [5, 5.41) is 12.7. The summed E-state index contributed by atoms with van der Waals surface area (Å²) in [7, 11) is 0. The molecule has 2 N–H and O–H groups in total. The topological polar surface area (TPSA) is 92.5 Å². The Bertz CT molecular complexity index is 694. The Balaban J connectivity index is 1.68. The number of aromatic nitrogens is 3. The standard InChI is InChI=1S/C16H23N5O3/c1-2-24-16(23)20-8-5-12(6-9-20)18-15-19-13-4-3-7-17-14(13)21(15)10-11-22/h3-4,7,12,22H,2,5-6,8-11H2,1H3,(H,18,19). The number of nitrogens with one attached hydrogen (secondary N) is 1. The predicted molar refractivity (Wildman–Crippen MR) is 89.9 cm³/mol. The van der Waals surface area contributed by atoms with Crippen LogP contribution in [-0.2, 0) is 11.3 Å². The van der Waals surface area contributed by atoms with Gasteiger partial charge in [0.15, 0.2) is 5.65 Å². The van der Waals surface area contributed by atoms with Crippen molar-refractivity contribution >= 4 is 23.2 Å². The summed E-state index contributed by atoms with van der Waals surface area (Å²) in [5.41, 5.74) is 1.57. The van der Waals surface area contributed by atoms with E-state index in [1.54, 1.807) is 11.1 Å². The van der Waals surface area contributed by atoms with Gasteiger partial charge in [-0.1, -0.05) is 0 Å². The molecule has 0 radical (unpaired) electrons. The van der Waals surface area contributed by atoms with E-state index in [0.29, 0.717) is 32.2 Å². The molecule has 24 heavy (non-hydrogen) atoms. The van der Waals surface area contributed by atoms with E-state index in [1.807, 2.05) is 23.6 Å². The highest BCUT2D eigenvalue weighted by molar-refractivity contribution is 5.74. The van der Waals surface area contributed by atoms with Crippen molar-refractivity contribution in [2.24, 2.45) is 0 Å². The van der Waals surface area contributed by atoms with Gasteiger partial charge in [0.25, 0.3) is 0 Å². The lowest BCUT2D eigenvalue weighted by Crippen LogP contribution is -2.43. The number of anilines is 1. The van der Waals surface area contributed by atoms with Crippen molar-refractivity contribution in [3.05, 3.63) is 18.3 Å². The molecule has 8 heteroatoms. The number of pyridine rings is 1. The molecule has 0 atom stereocenters. The van der Waals surface area contributed by atoms with Crippen molar-refractivity contribution in [1.29, 1.82) is 0 Å². The second kappa shape index (κ2) is 7.48. The van der Waals surface area contributed by atoms with E-state index >= 15 is 0 Å². The van der Waals surface area contributed by atoms with Crippen LogP contribution in [0.3, 0.4) is 0 Å². The lowest BCUT2D eigenvalue weighted by molar-refractivity contribution is 0.0983. The molecule has 0 aliphatic carbocycles. The highest BCUT2D eigenvalue weighted by Gasteiger charge is 2.24. The molecular weight excluding hydrogens is 310 g/mol. The van der Waals surface area contributed by atoms with Crippen LogP contribution in [0.25, 0.3) is 11.2 Å². The third-order valence-corrected chi connectivity index (χ3v) is 4.18. The Morgan fingerprint density at radius 2 is 2.25 bits per heavy atom. The average Bonchev–Trinajstić information content (AvgIpc) is 2.94. The van der Waals surface area contributed by atoms with Crippen LogP contribution >= 0.6 is 0 Å². The lowest BCUT2D eigenvalue weighted by atomic mass is 10.1. The van der Waals surface area contributed by atoms with Gasteiger partial charge in [-0.05, 0) is 31.9 Å². The Kier molecular flexibility index (Phi) is 5.14. The maximum atomic E-state index is 11.8. The van der Waals surface area contributed by atoms with Crippen LogP contribution in [0.2, 0.25) is 0 Å². The molecule has 3 heterocycles. The number of aliphatic hydroxyl groups is 1. The molecule has 8 nitrogen and oxygen atoms in total. The molecule has 2 aromatic rings. The first-order chi connectivity index (χ1) is 11.7. The third-order valence-electron chi connectivity index (χ3n) is 4.18. The fraction of sp³-hybridized carbons (Fsp3) is 0.562. The van der Waals surface area contributed by atoms with Crippen LogP contribution in [0, 0.1) is 0 Å². The zero-order valence-corrected chi connectivity index (χ0v) is 13.8. The molecule has 0 saturated carbocycles. The fourth-order valence-corrected chi connectivity index (χ4v) is 2.98. The molecule has 0 spiro atoms. The fourth-order valence-electron chi connectivity index (χ4n) is 2.98. The van der Waals surface area contributed by atoms with Crippen LogP contribution < -0.4 is 5.32 Å². The van der Waals surface area contributed by atoms with Gasteiger partial charge in [-0.25, -0.2) is 14.8 Å². The quantitative estimate of drug-likeness (QED) is 0.860. The van der Waals surface area contributed by atoms with Gasteiger partial charge in [0.1, 0.15) is 5.52 Å². The Morgan fingerprint density at radius 1 is 1.46 bits per heavy atom. The van der Waals surface area contributed by atoms with E-state index < -0.39 is 0 Å². The highest BCUT2D eigenvalue weighted by atomic mass is 16.6. The summed E-state index contributed by atoms with van der Waals surface area (Å²) in [6, 6.07) is 3.98. The Morgan fingerprint density at radius 3 is 2.96 bits per heavy atom. The van der Waals surface area contributed by atoms with Crippen LogP contribution in [0.5, 0.6) is 0 Å². The molecule has 130 valence electrons. The number of ether oxygens (including phenoxy) is 1. The van der Waals surface area contributed by atoms with Gasteiger partial charge >= 0.3 is 6.09 Å². The number of hydrogen-bond donors (Lipinski definition) is 2. The molecule has 1 fully saturated rings. The highest BCUT2D eigenvalue weighted by Crippen LogP contribution is 2.21. The first-order valence-electron chi connectivity index (χ1n) is 8.33. The number of amides is 1. The Hall–Kier alpha value is -2.35. The number of piperidine rings is 1. The van der Waals surface area contributed by atoms with Crippen molar-refractivity contribution in [1.82, 2.24) is 19.4 Å². The van der Waals surface area contributed by atoms with Gasteiger partial charge in [-0.3, -0.25) is 4.57 Å². The number of fused-ring (bicyclic) bond motifs is 1. The van der Waals surface area contributed by atoms with E-state index in [2.05, 4.69) is 15.3 Å². The van der Waals surface area contributed by atoms with Crippen LogP contribution in [0.1, 0.15) is 19.8 Å². The zero-order chi connectivity index (χ0) is 16.9. The molecular formula is C16H23N5O3. The number of rotatable bonds is 5. The van der Waals surface area contributed by atoms with Crippen molar-refractivity contribution in [3.8, 4) is 0 Å². The largest absolute Gasteiger partial charge is 0.450 e. The SMILES string of the molecule is CCOC(=O)N1CCC(Nc2nc3cccnc3n2CCO)CC1. The zero-order valence-electron chi connectivity index (χ0n) is 13.8. The number of carbonyl (C=O) groups excluding carboxylic acids is 1. The van der Waals surface area contributed by atoms with Crippen LogP contribution in [-0.4, -0.2) is 63.0 Å². The second-order valence-corrected chi connectivity index (χ2v) is 5.76. The molecule has 1 saturated heterocycles. The summed E-state index contributed by atoms with van der Waals surface area (Å²) in [5.74, 6) is 0.715. The van der Waals surface area contributed by atoms with Crippen molar-refractivity contribution in [2.45, 2.75) is 32.4 Å². The molecule has 0 aromatic carbocycles. The average molecular weight is 333 g/mol. The van der Waals surface area contributed by atoms with E-state index in [1.165, 1.54) is 0 Å². The molecule has 1 aliphatic heterocycles. The molecule has 2 aromatic heterocycles. The Labute approximate surface area is 140 Å². The molecule has 0 bridgehead atoms. The predicted octanol–water partition coefficient (Wildman–Crippen LogP) is 1.46. The first kappa shape index (κ1) is 16.5. The normalized spacial score (nSPS) is 15.7. The summed E-state index contributed by atoms with van der Waals surface area (Å²) in [6.45, 7) is 4.00. The maximum Gasteiger partial charge on any atom is 0.409 e. The van der Waals surface area contributed by atoms with E-state index in [4.69, 9.17) is 4.74 Å². The van der Waals surface area contributed by atoms with Gasteiger partial charge in [0, 0.05) is 25.3 Å².